The van der Waals surface area contributed by atoms with Gasteiger partial charge in [-0.25, -0.2) is 14.8 Å². The number of aryl methyl sites for hydroxylation is 3. The van der Waals surface area contributed by atoms with E-state index in [1.807, 2.05) is 38.1 Å². The molecule has 1 aliphatic rings. The Labute approximate surface area is 239 Å². The van der Waals surface area contributed by atoms with Crippen LogP contribution < -0.4 is 5.32 Å². The van der Waals surface area contributed by atoms with Crippen molar-refractivity contribution in [2.24, 2.45) is 7.05 Å². The van der Waals surface area contributed by atoms with Crippen LogP contribution in [0, 0.1) is 6.92 Å². The maximum atomic E-state index is 12.5. The van der Waals surface area contributed by atoms with Crippen molar-refractivity contribution in [3.8, 4) is 11.3 Å². The number of rotatable bonds is 9. The molecule has 214 valence electrons. The van der Waals surface area contributed by atoms with Crippen LogP contribution >= 0.6 is 0 Å². The number of aromatic carboxylic acids is 1. The number of aromatic nitrogens is 5. The molecule has 4 aromatic rings. The lowest BCUT2D eigenvalue weighted by Gasteiger charge is -2.40. The van der Waals surface area contributed by atoms with Gasteiger partial charge in [-0.2, -0.15) is 5.10 Å². The van der Waals surface area contributed by atoms with Gasteiger partial charge in [-0.3, -0.25) is 14.5 Å². The van der Waals surface area contributed by atoms with Gasteiger partial charge < -0.3 is 20.1 Å². The molecule has 11 nitrogen and oxygen atoms in total. The van der Waals surface area contributed by atoms with Crippen LogP contribution in [0.3, 0.4) is 0 Å². The number of likely N-dealkylation sites (tertiary alicyclic amines) is 1. The highest BCUT2D eigenvalue weighted by atomic mass is 16.5. The molecular formula is C30H35N7O4. The Balaban J connectivity index is 0.000000367. The van der Waals surface area contributed by atoms with Crippen molar-refractivity contribution in [2.45, 2.75) is 45.8 Å². The SMILES string of the molecule is Cc1cc(-c2ccnc(Nc3cnn(C)c3)n2)ccc1CCC(=O)N1CC(OC(C)C)C1.O=C(O)c1cccnc1. The first-order chi connectivity index (χ1) is 19.7. The lowest BCUT2D eigenvalue weighted by Crippen LogP contribution is -2.55. The molecule has 0 unspecified atom stereocenters. The average molecular weight is 558 g/mol. The molecule has 3 aromatic heterocycles. The minimum absolute atomic E-state index is 0.186. The molecule has 0 saturated carbocycles. The van der Waals surface area contributed by atoms with Crippen molar-refractivity contribution >= 4 is 23.5 Å². The molecule has 4 heterocycles. The van der Waals surface area contributed by atoms with E-state index in [9.17, 15) is 9.59 Å². The molecule has 1 aliphatic heterocycles. The second-order valence-electron chi connectivity index (χ2n) is 10.1. The molecule has 0 radical (unpaired) electrons. The van der Waals surface area contributed by atoms with E-state index in [4.69, 9.17) is 9.84 Å². The van der Waals surface area contributed by atoms with E-state index in [1.54, 1.807) is 23.1 Å². The van der Waals surface area contributed by atoms with Gasteiger partial charge in [0.2, 0.25) is 11.9 Å². The number of carboxylic acids is 1. The van der Waals surface area contributed by atoms with Gasteiger partial charge in [-0.15, -0.1) is 0 Å². The molecule has 1 saturated heterocycles. The van der Waals surface area contributed by atoms with Gasteiger partial charge in [-0.1, -0.05) is 12.1 Å². The van der Waals surface area contributed by atoms with E-state index in [0.29, 0.717) is 25.5 Å². The third-order valence-corrected chi connectivity index (χ3v) is 6.44. The van der Waals surface area contributed by atoms with Gasteiger partial charge >= 0.3 is 5.97 Å². The van der Waals surface area contributed by atoms with Crippen molar-refractivity contribution in [1.82, 2.24) is 29.6 Å². The van der Waals surface area contributed by atoms with Crippen LogP contribution in [-0.4, -0.2) is 71.9 Å². The quantitative estimate of drug-likeness (QED) is 0.309. The molecule has 41 heavy (non-hydrogen) atoms. The fourth-order valence-electron chi connectivity index (χ4n) is 4.33. The van der Waals surface area contributed by atoms with Crippen LogP contribution in [0.2, 0.25) is 0 Å². The van der Waals surface area contributed by atoms with E-state index >= 15 is 0 Å². The zero-order valence-corrected chi connectivity index (χ0v) is 23.7. The molecule has 1 aromatic carbocycles. The maximum absolute atomic E-state index is 12.5. The number of nitrogens with one attached hydrogen (secondary N) is 1. The molecule has 0 bridgehead atoms. The average Bonchev–Trinajstić information content (AvgIpc) is 3.34. The van der Waals surface area contributed by atoms with Crippen molar-refractivity contribution in [3.05, 3.63) is 84.1 Å². The number of nitrogens with zero attached hydrogens (tertiary/aromatic N) is 6. The summed E-state index contributed by atoms with van der Waals surface area (Å²) in [7, 11) is 1.86. The standard InChI is InChI=1S/C24H30N6O2.C6H5NO2/c1-16(2)32-21-14-30(15-21)23(31)8-7-18-5-6-19(11-17(18)3)22-9-10-25-24(28-22)27-20-12-26-29(4)13-20;8-6(9)5-2-1-3-7-4-5/h5-6,9-13,16,21H,7-8,14-15H2,1-4H3,(H,25,27,28);1-4H,(H,8,9). The number of pyridine rings is 1. The zero-order chi connectivity index (χ0) is 29.4. The highest BCUT2D eigenvalue weighted by Gasteiger charge is 2.31. The predicted octanol–water partition coefficient (Wildman–Crippen LogP) is 4.28. The number of hydrogen-bond donors (Lipinski definition) is 2. The normalized spacial score (nSPS) is 12.9. The van der Waals surface area contributed by atoms with Gasteiger partial charge in [0.05, 0.1) is 35.3 Å². The third kappa shape index (κ3) is 8.42. The summed E-state index contributed by atoms with van der Waals surface area (Å²) in [5.74, 6) is -0.223. The molecular weight excluding hydrogens is 522 g/mol. The molecule has 11 heteroatoms. The smallest absolute Gasteiger partial charge is 0.337 e. The van der Waals surface area contributed by atoms with Crippen LogP contribution in [-0.2, 0) is 23.0 Å². The topological polar surface area (TPSA) is 135 Å². The Morgan fingerprint density at radius 2 is 1.95 bits per heavy atom. The summed E-state index contributed by atoms with van der Waals surface area (Å²) in [5, 5.41) is 15.7. The second kappa shape index (κ2) is 13.6. The Bertz CT molecular complexity index is 1470. The Morgan fingerprint density at radius 3 is 2.56 bits per heavy atom. The van der Waals surface area contributed by atoms with E-state index in [0.717, 1.165) is 28.9 Å². The van der Waals surface area contributed by atoms with Crippen molar-refractivity contribution in [2.75, 3.05) is 18.4 Å². The number of carbonyl (C=O) groups excluding carboxylic acids is 1. The van der Waals surface area contributed by atoms with Crippen LogP contribution in [0.15, 0.2) is 67.4 Å². The zero-order valence-electron chi connectivity index (χ0n) is 23.7. The first kappa shape index (κ1) is 29.3. The van der Waals surface area contributed by atoms with Gasteiger partial charge in [0.15, 0.2) is 0 Å². The van der Waals surface area contributed by atoms with Crippen LogP contribution in [0.5, 0.6) is 0 Å². The molecule has 2 N–H and O–H groups in total. The fourth-order valence-corrected chi connectivity index (χ4v) is 4.33. The first-order valence-electron chi connectivity index (χ1n) is 13.4. The van der Waals surface area contributed by atoms with Crippen LogP contribution in [0.1, 0.15) is 41.8 Å². The van der Waals surface area contributed by atoms with Gasteiger partial charge in [-0.05, 0) is 62.6 Å². The molecule has 1 amide bonds. The van der Waals surface area contributed by atoms with E-state index in [2.05, 4.69) is 50.5 Å². The minimum atomic E-state index is -0.942. The number of amides is 1. The summed E-state index contributed by atoms with van der Waals surface area (Å²) in [5.41, 5.74) is 5.25. The van der Waals surface area contributed by atoms with Crippen molar-refractivity contribution < 1.29 is 19.4 Å². The predicted molar refractivity (Wildman–Crippen MR) is 155 cm³/mol. The van der Waals surface area contributed by atoms with Gasteiger partial charge in [0.1, 0.15) is 0 Å². The molecule has 0 atom stereocenters. The highest BCUT2D eigenvalue weighted by Crippen LogP contribution is 2.24. The number of ether oxygens (including phenoxy) is 1. The molecule has 5 rings (SSSR count). The summed E-state index contributed by atoms with van der Waals surface area (Å²) in [4.78, 5) is 37.1. The largest absolute Gasteiger partial charge is 0.478 e. The summed E-state index contributed by atoms with van der Waals surface area (Å²) in [6, 6.07) is 11.2. The van der Waals surface area contributed by atoms with E-state index < -0.39 is 5.97 Å². The first-order valence-corrected chi connectivity index (χ1v) is 13.4. The van der Waals surface area contributed by atoms with Crippen LogP contribution in [0.4, 0.5) is 11.6 Å². The highest BCUT2D eigenvalue weighted by molar-refractivity contribution is 5.86. The number of anilines is 2. The number of hydrogen-bond acceptors (Lipinski definition) is 8. The Kier molecular flexibility index (Phi) is 9.75. The number of carbonyl (C=O) groups is 2. The summed E-state index contributed by atoms with van der Waals surface area (Å²) in [6.07, 6.45) is 9.82. The lowest BCUT2D eigenvalue weighted by atomic mass is 9.99. The monoisotopic (exact) mass is 557 g/mol. The van der Waals surface area contributed by atoms with Gasteiger partial charge in [0.25, 0.3) is 0 Å². The minimum Gasteiger partial charge on any atom is -0.478 e. The summed E-state index contributed by atoms with van der Waals surface area (Å²) < 4.78 is 7.45. The molecule has 0 spiro atoms. The van der Waals surface area contributed by atoms with Gasteiger partial charge in [0, 0.05) is 56.9 Å². The van der Waals surface area contributed by atoms with Crippen molar-refractivity contribution in [1.29, 1.82) is 0 Å². The Hall–Kier alpha value is -4.64. The molecule has 1 fully saturated rings. The van der Waals surface area contributed by atoms with Crippen LogP contribution in [0.25, 0.3) is 11.3 Å². The number of carboxylic acid groups (broad SMARTS) is 1. The third-order valence-electron chi connectivity index (χ3n) is 6.44. The second-order valence-corrected chi connectivity index (χ2v) is 10.1. The number of benzene rings is 1. The van der Waals surface area contributed by atoms with E-state index in [-0.39, 0.29) is 23.7 Å². The van der Waals surface area contributed by atoms with E-state index in [1.165, 1.54) is 24.0 Å². The summed E-state index contributed by atoms with van der Waals surface area (Å²) >= 11 is 0. The maximum Gasteiger partial charge on any atom is 0.337 e. The lowest BCUT2D eigenvalue weighted by molar-refractivity contribution is -0.148. The Morgan fingerprint density at radius 1 is 1.15 bits per heavy atom. The van der Waals surface area contributed by atoms with Crippen molar-refractivity contribution in [3.63, 3.8) is 0 Å². The molecule has 0 aliphatic carbocycles. The fraction of sp³-hybridized carbons (Fsp3) is 0.333. The summed E-state index contributed by atoms with van der Waals surface area (Å²) in [6.45, 7) is 7.54.